The van der Waals surface area contributed by atoms with Gasteiger partial charge in [-0.3, -0.25) is 9.59 Å². The molecule has 1 saturated carbocycles. The molecule has 4 rings (SSSR count). The first-order valence-electron chi connectivity index (χ1n) is 12.9. The van der Waals surface area contributed by atoms with Crippen LogP contribution in [0, 0.1) is 5.92 Å². The molecule has 1 aromatic heterocycles. The molecule has 0 spiro atoms. The standard InChI is InChI=1S/C27H39N5O2/c1-18(2)15-23(31-21-7-4-3-5-8-21)27(34)32-14-6-9-24(32)26(33)30-17-19-10-11-22-20(16-19)12-13-29-25(22)28/h10-13,16,18,21,23-24,31H,3-9,14-15,17H2,1-2H3,(H2,28,29)(H,30,33)/t23-,24+/m1/s1. The van der Waals surface area contributed by atoms with E-state index in [-0.39, 0.29) is 17.9 Å². The van der Waals surface area contributed by atoms with Crippen LogP contribution in [-0.4, -0.2) is 46.4 Å². The predicted molar refractivity (Wildman–Crippen MR) is 136 cm³/mol. The molecule has 34 heavy (non-hydrogen) atoms. The summed E-state index contributed by atoms with van der Waals surface area (Å²) in [5, 5.41) is 8.64. The zero-order valence-electron chi connectivity index (χ0n) is 20.6. The summed E-state index contributed by atoms with van der Waals surface area (Å²) in [6.07, 6.45) is 10.1. The molecule has 184 valence electrons. The summed E-state index contributed by atoms with van der Waals surface area (Å²) in [6.45, 7) is 5.39. The summed E-state index contributed by atoms with van der Waals surface area (Å²) in [5.74, 6) is 0.940. The van der Waals surface area contributed by atoms with E-state index >= 15 is 0 Å². The second-order valence-corrected chi connectivity index (χ2v) is 10.3. The summed E-state index contributed by atoms with van der Waals surface area (Å²) in [6, 6.07) is 7.66. The minimum Gasteiger partial charge on any atom is -0.383 e. The summed E-state index contributed by atoms with van der Waals surface area (Å²) in [5.41, 5.74) is 6.94. The van der Waals surface area contributed by atoms with E-state index in [9.17, 15) is 9.59 Å². The molecule has 2 atom stereocenters. The second-order valence-electron chi connectivity index (χ2n) is 10.3. The van der Waals surface area contributed by atoms with Crippen molar-refractivity contribution >= 4 is 28.4 Å². The average Bonchev–Trinajstić information content (AvgIpc) is 3.32. The molecule has 2 aromatic rings. The van der Waals surface area contributed by atoms with Crippen LogP contribution in [0.2, 0.25) is 0 Å². The van der Waals surface area contributed by atoms with E-state index in [0.29, 0.717) is 30.9 Å². The quantitative estimate of drug-likeness (QED) is 0.551. The van der Waals surface area contributed by atoms with Gasteiger partial charge < -0.3 is 21.3 Å². The van der Waals surface area contributed by atoms with Crippen LogP contribution in [0.4, 0.5) is 5.82 Å². The molecule has 4 N–H and O–H groups in total. The van der Waals surface area contributed by atoms with Gasteiger partial charge in [0.15, 0.2) is 0 Å². The summed E-state index contributed by atoms with van der Waals surface area (Å²) in [4.78, 5) is 32.7. The third-order valence-electron chi connectivity index (χ3n) is 7.21. The first-order chi connectivity index (χ1) is 16.4. The Balaban J connectivity index is 1.39. The zero-order chi connectivity index (χ0) is 24.1. The molecule has 2 amide bonds. The van der Waals surface area contributed by atoms with Crippen molar-refractivity contribution in [3.05, 3.63) is 36.0 Å². The number of hydrogen-bond donors (Lipinski definition) is 3. The molecule has 1 aromatic carbocycles. The molecule has 0 radical (unpaired) electrons. The Morgan fingerprint density at radius 3 is 2.68 bits per heavy atom. The number of fused-ring (bicyclic) bond motifs is 1. The Morgan fingerprint density at radius 2 is 1.91 bits per heavy atom. The van der Waals surface area contributed by atoms with Gasteiger partial charge in [0.05, 0.1) is 6.04 Å². The molecule has 2 aliphatic rings. The molecule has 7 nitrogen and oxygen atoms in total. The number of pyridine rings is 1. The van der Waals surface area contributed by atoms with Crippen LogP contribution in [-0.2, 0) is 16.1 Å². The Hall–Kier alpha value is -2.67. The van der Waals surface area contributed by atoms with Crippen LogP contribution in [0.25, 0.3) is 10.8 Å². The lowest BCUT2D eigenvalue weighted by Crippen LogP contribution is -2.54. The van der Waals surface area contributed by atoms with E-state index < -0.39 is 6.04 Å². The smallest absolute Gasteiger partial charge is 0.243 e. The fraction of sp³-hybridized carbons (Fsp3) is 0.593. The lowest BCUT2D eigenvalue weighted by molar-refractivity contribution is -0.140. The normalized spacial score (nSPS) is 20.1. The van der Waals surface area contributed by atoms with Gasteiger partial charge >= 0.3 is 0 Å². The second kappa shape index (κ2) is 11.2. The number of nitrogens with zero attached hydrogens (tertiary/aromatic N) is 2. The van der Waals surface area contributed by atoms with Crippen LogP contribution >= 0.6 is 0 Å². The molecule has 7 heteroatoms. The van der Waals surface area contributed by atoms with E-state index in [1.807, 2.05) is 29.2 Å². The molecular weight excluding hydrogens is 426 g/mol. The highest BCUT2D eigenvalue weighted by Gasteiger charge is 2.37. The molecule has 1 saturated heterocycles. The number of amides is 2. The van der Waals surface area contributed by atoms with Gasteiger partial charge in [0.25, 0.3) is 0 Å². The molecule has 1 aliphatic carbocycles. The van der Waals surface area contributed by atoms with Crippen LogP contribution < -0.4 is 16.4 Å². The number of nitrogens with two attached hydrogens (primary N) is 1. The SMILES string of the molecule is CC(C)C[C@@H](NC1CCCCC1)C(=O)N1CCC[C@H]1C(=O)NCc1ccc2c(N)nccc2c1. The molecule has 2 heterocycles. The van der Waals surface area contributed by atoms with Gasteiger partial charge in [-0.1, -0.05) is 45.2 Å². The number of aromatic nitrogens is 1. The largest absolute Gasteiger partial charge is 0.383 e. The lowest BCUT2D eigenvalue weighted by atomic mass is 9.93. The van der Waals surface area contributed by atoms with Crippen molar-refractivity contribution < 1.29 is 9.59 Å². The highest BCUT2D eigenvalue weighted by Crippen LogP contribution is 2.24. The highest BCUT2D eigenvalue weighted by molar-refractivity contribution is 5.92. The number of carbonyl (C=O) groups is 2. The lowest BCUT2D eigenvalue weighted by Gasteiger charge is -2.33. The third-order valence-corrected chi connectivity index (χ3v) is 7.21. The fourth-order valence-corrected chi connectivity index (χ4v) is 5.44. The Morgan fingerprint density at radius 1 is 1.12 bits per heavy atom. The van der Waals surface area contributed by atoms with Gasteiger partial charge in [-0.25, -0.2) is 4.98 Å². The molecule has 0 unspecified atom stereocenters. The van der Waals surface area contributed by atoms with Gasteiger partial charge in [0.1, 0.15) is 11.9 Å². The minimum absolute atomic E-state index is 0.0684. The molecule has 2 fully saturated rings. The van der Waals surface area contributed by atoms with Crippen molar-refractivity contribution in [1.29, 1.82) is 0 Å². The number of carbonyl (C=O) groups excluding carboxylic acids is 2. The van der Waals surface area contributed by atoms with E-state index in [4.69, 9.17) is 5.73 Å². The van der Waals surface area contributed by atoms with E-state index in [1.54, 1.807) is 6.20 Å². The topological polar surface area (TPSA) is 100 Å². The Kier molecular flexibility index (Phi) is 8.03. The van der Waals surface area contributed by atoms with Gasteiger partial charge in [-0.2, -0.15) is 0 Å². The van der Waals surface area contributed by atoms with E-state index in [1.165, 1.54) is 19.3 Å². The van der Waals surface area contributed by atoms with Crippen LogP contribution in [0.5, 0.6) is 0 Å². The van der Waals surface area contributed by atoms with Crippen LogP contribution in [0.3, 0.4) is 0 Å². The summed E-state index contributed by atoms with van der Waals surface area (Å²) < 4.78 is 0. The number of hydrogen-bond acceptors (Lipinski definition) is 5. The summed E-state index contributed by atoms with van der Waals surface area (Å²) in [7, 11) is 0. The monoisotopic (exact) mass is 465 g/mol. The highest BCUT2D eigenvalue weighted by atomic mass is 16.2. The van der Waals surface area contributed by atoms with Gasteiger partial charge in [0, 0.05) is 30.7 Å². The van der Waals surface area contributed by atoms with Gasteiger partial charge in [0.2, 0.25) is 11.8 Å². The maximum absolute atomic E-state index is 13.6. The number of benzene rings is 1. The molecule has 0 bridgehead atoms. The number of nitrogen functional groups attached to an aromatic ring is 1. The molecular formula is C27H39N5O2. The Bertz CT molecular complexity index is 1000. The maximum Gasteiger partial charge on any atom is 0.243 e. The first kappa shape index (κ1) is 24.5. The number of anilines is 1. The third kappa shape index (κ3) is 5.87. The fourth-order valence-electron chi connectivity index (χ4n) is 5.44. The summed E-state index contributed by atoms with van der Waals surface area (Å²) >= 11 is 0. The van der Waals surface area contributed by atoms with Crippen molar-refractivity contribution in [3.63, 3.8) is 0 Å². The van der Waals surface area contributed by atoms with Crippen molar-refractivity contribution in [2.24, 2.45) is 5.92 Å². The van der Waals surface area contributed by atoms with Gasteiger partial charge in [-0.15, -0.1) is 0 Å². The van der Waals surface area contributed by atoms with E-state index in [2.05, 4.69) is 29.5 Å². The number of rotatable bonds is 8. The first-order valence-corrected chi connectivity index (χ1v) is 12.9. The Labute approximate surface area is 202 Å². The maximum atomic E-state index is 13.6. The van der Waals surface area contributed by atoms with E-state index in [0.717, 1.165) is 48.4 Å². The van der Waals surface area contributed by atoms with Gasteiger partial charge in [-0.05, 0) is 61.1 Å². The zero-order valence-corrected chi connectivity index (χ0v) is 20.6. The van der Waals surface area contributed by atoms with Crippen molar-refractivity contribution in [2.75, 3.05) is 12.3 Å². The van der Waals surface area contributed by atoms with Crippen molar-refractivity contribution in [2.45, 2.75) is 89.9 Å². The minimum atomic E-state index is -0.393. The number of nitrogens with one attached hydrogen (secondary N) is 2. The van der Waals surface area contributed by atoms with Crippen LogP contribution in [0.1, 0.15) is 70.8 Å². The van der Waals surface area contributed by atoms with Crippen molar-refractivity contribution in [1.82, 2.24) is 20.5 Å². The van der Waals surface area contributed by atoms with Crippen molar-refractivity contribution in [3.8, 4) is 0 Å². The predicted octanol–water partition coefficient (Wildman–Crippen LogP) is 3.76. The average molecular weight is 466 g/mol. The molecule has 1 aliphatic heterocycles. The van der Waals surface area contributed by atoms with Crippen LogP contribution in [0.15, 0.2) is 30.5 Å². The number of likely N-dealkylation sites (tertiary alicyclic amines) is 1.